The van der Waals surface area contributed by atoms with Crippen molar-refractivity contribution in [1.29, 1.82) is 0 Å². The zero-order chi connectivity index (χ0) is 14.4. The van der Waals surface area contributed by atoms with Gasteiger partial charge in [-0.1, -0.05) is 29.8 Å². The SMILES string of the molecule is O=Cc1ccccc1OCC(=O)Nc1cccc(Cl)c1. The number of amides is 1. The molecule has 0 bridgehead atoms. The van der Waals surface area contributed by atoms with Crippen LogP contribution in [0.25, 0.3) is 0 Å². The average molecular weight is 290 g/mol. The van der Waals surface area contributed by atoms with Gasteiger partial charge in [0.25, 0.3) is 5.91 Å². The molecule has 0 aliphatic rings. The molecule has 0 heterocycles. The number of hydrogen-bond acceptors (Lipinski definition) is 3. The van der Waals surface area contributed by atoms with Gasteiger partial charge in [-0.2, -0.15) is 0 Å². The number of halogens is 1. The zero-order valence-corrected chi connectivity index (χ0v) is 11.3. The van der Waals surface area contributed by atoms with Crippen LogP contribution < -0.4 is 10.1 Å². The maximum atomic E-state index is 11.7. The highest BCUT2D eigenvalue weighted by atomic mass is 35.5. The van der Waals surface area contributed by atoms with Crippen molar-refractivity contribution in [3.05, 3.63) is 59.1 Å². The second-order valence-electron chi connectivity index (χ2n) is 4.00. The number of hydrogen-bond donors (Lipinski definition) is 1. The highest BCUT2D eigenvalue weighted by molar-refractivity contribution is 6.30. The molecule has 2 aromatic carbocycles. The summed E-state index contributed by atoms with van der Waals surface area (Å²) in [5, 5.41) is 3.19. The lowest BCUT2D eigenvalue weighted by atomic mass is 10.2. The van der Waals surface area contributed by atoms with E-state index >= 15 is 0 Å². The van der Waals surface area contributed by atoms with Crippen LogP contribution in [0.4, 0.5) is 5.69 Å². The minimum absolute atomic E-state index is 0.183. The van der Waals surface area contributed by atoms with E-state index in [0.717, 1.165) is 0 Å². The third-order valence-corrected chi connectivity index (χ3v) is 2.75. The maximum Gasteiger partial charge on any atom is 0.262 e. The molecular weight excluding hydrogens is 278 g/mol. The smallest absolute Gasteiger partial charge is 0.262 e. The van der Waals surface area contributed by atoms with Crippen LogP contribution in [-0.4, -0.2) is 18.8 Å². The number of carbonyl (C=O) groups excluding carboxylic acids is 2. The molecule has 0 aliphatic heterocycles. The zero-order valence-electron chi connectivity index (χ0n) is 10.5. The van der Waals surface area contributed by atoms with E-state index in [1.165, 1.54) is 0 Å². The molecular formula is C15H12ClNO3. The summed E-state index contributed by atoms with van der Waals surface area (Å²) >= 11 is 5.82. The van der Waals surface area contributed by atoms with Crippen molar-refractivity contribution >= 4 is 29.5 Å². The Morgan fingerprint density at radius 3 is 2.75 bits per heavy atom. The van der Waals surface area contributed by atoms with Crippen molar-refractivity contribution < 1.29 is 14.3 Å². The van der Waals surface area contributed by atoms with Crippen LogP contribution in [0.15, 0.2) is 48.5 Å². The van der Waals surface area contributed by atoms with Crippen molar-refractivity contribution in [2.45, 2.75) is 0 Å². The Balaban J connectivity index is 1.94. The molecule has 1 amide bonds. The normalized spacial score (nSPS) is 9.85. The Morgan fingerprint density at radius 1 is 1.20 bits per heavy atom. The summed E-state index contributed by atoms with van der Waals surface area (Å²) in [7, 11) is 0. The first-order valence-corrected chi connectivity index (χ1v) is 6.29. The Morgan fingerprint density at radius 2 is 2.00 bits per heavy atom. The molecule has 0 spiro atoms. The lowest BCUT2D eigenvalue weighted by Gasteiger charge is -2.09. The van der Waals surface area contributed by atoms with Crippen LogP contribution >= 0.6 is 11.6 Å². The van der Waals surface area contributed by atoms with Crippen LogP contribution in [0.5, 0.6) is 5.75 Å². The summed E-state index contributed by atoms with van der Waals surface area (Å²) in [4.78, 5) is 22.5. The van der Waals surface area contributed by atoms with Gasteiger partial charge in [-0.3, -0.25) is 9.59 Å². The summed E-state index contributed by atoms with van der Waals surface area (Å²) in [6, 6.07) is 13.5. The summed E-state index contributed by atoms with van der Waals surface area (Å²) in [6.07, 6.45) is 0.685. The highest BCUT2D eigenvalue weighted by Gasteiger charge is 2.06. The molecule has 2 aromatic rings. The van der Waals surface area contributed by atoms with E-state index in [2.05, 4.69) is 5.32 Å². The topological polar surface area (TPSA) is 55.4 Å². The fourth-order valence-electron chi connectivity index (χ4n) is 1.62. The fourth-order valence-corrected chi connectivity index (χ4v) is 1.81. The first-order chi connectivity index (χ1) is 9.69. The van der Waals surface area contributed by atoms with Gasteiger partial charge < -0.3 is 10.1 Å². The third-order valence-electron chi connectivity index (χ3n) is 2.51. The van der Waals surface area contributed by atoms with Gasteiger partial charge in [0.15, 0.2) is 12.9 Å². The number of ether oxygens (including phenoxy) is 1. The molecule has 0 saturated carbocycles. The second kappa shape index (κ2) is 6.73. The van der Waals surface area contributed by atoms with Crippen molar-refractivity contribution in [3.63, 3.8) is 0 Å². The van der Waals surface area contributed by atoms with E-state index in [1.54, 1.807) is 48.5 Å². The van der Waals surface area contributed by atoms with E-state index < -0.39 is 0 Å². The number of nitrogens with one attached hydrogen (secondary N) is 1. The van der Waals surface area contributed by atoms with Crippen molar-refractivity contribution in [2.24, 2.45) is 0 Å². The van der Waals surface area contributed by atoms with Gasteiger partial charge in [0.2, 0.25) is 0 Å². The van der Waals surface area contributed by atoms with Crippen molar-refractivity contribution in [3.8, 4) is 5.75 Å². The average Bonchev–Trinajstić information content (AvgIpc) is 2.45. The summed E-state index contributed by atoms with van der Waals surface area (Å²) in [5.41, 5.74) is 0.998. The second-order valence-corrected chi connectivity index (χ2v) is 4.44. The molecule has 0 fully saturated rings. The molecule has 20 heavy (non-hydrogen) atoms. The van der Waals surface area contributed by atoms with E-state index in [0.29, 0.717) is 28.3 Å². The van der Waals surface area contributed by atoms with E-state index in [9.17, 15) is 9.59 Å². The number of rotatable bonds is 5. The number of aldehydes is 1. The van der Waals surface area contributed by atoms with Crippen LogP contribution in [0.2, 0.25) is 5.02 Å². The van der Waals surface area contributed by atoms with Gasteiger partial charge in [0, 0.05) is 10.7 Å². The first kappa shape index (κ1) is 14.1. The number of para-hydroxylation sites is 1. The summed E-state index contributed by atoms with van der Waals surface area (Å²) in [5.74, 6) is 0.0525. The molecule has 5 heteroatoms. The van der Waals surface area contributed by atoms with Gasteiger partial charge >= 0.3 is 0 Å². The van der Waals surface area contributed by atoms with E-state index in [-0.39, 0.29) is 12.5 Å². The summed E-state index contributed by atoms with van der Waals surface area (Å²) < 4.78 is 5.32. The Kier molecular flexibility index (Phi) is 4.74. The van der Waals surface area contributed by atoms with Crippen LogP contribution in [0.3, 0.4) is 0 Å². The Labute approximate surface area is 121 Å². The lowest BCUT2D eigenvalue weighted by Crippen LogP contribution is -2.20. The monoisotopic (exact) mass is 289 g/mol. The van der Waals surface area contributed by atoms with Gasteiger partial charge in [0.05, 0.1) is 5.56 Å². The van der Waals surface area contributed by atoms with E-state index in [4.69, 9.17) is 16.3 Å². The van der Waals surface area contributed by atoms with Crippen LogP contribution in [-0.2, 0) is 4.79 Å². The number of benzene rings is 2. The molecule has 0 unspecified atom stereocenters. The van der Waals surface area contributed by atoms with Crippen molar-refractivity contribution in [2.75, 3.05) is 11.9 Å². The molecule has 1 N–H and O–H groups in total. The molecule has 0 radical (unpaired) electrons. The van der Waals surface area contributed by atoms with Gasteiger partial charge in [-0.05, 0) is 30.3 Å². The highest BCUT2D eigenvalue weighted by Crippen LogP contribution is 2.17. The van der Waals surface area contributed by atoms with Gasteiger partial charge in [0.1, 0.15) is 5.75 Å². The molecule has 0 saturated heterocycles. The van der Waals surface area contributed by atoms with Crippen LogP contribution in [0.1, 0.15) is 10.4 Å². The molecule has 0 aromatic heterocycles. The molecule has 102 valence electrons. The van der Waals surface area contributed by atoms with Crippen molar-refractivity contribution in [1.82, 2.24) is 0 Å². The molecule has 2 rings (SSSR count). The predicted octanol–water partition coefficient (Wildman–Crippen LogP) is 3.17. The minimum atomic E-state index is -0.326. The maximum absolute atomic E-state index is 11.7. The largest absolute Gasteiger partial charge is 0.483 e. The van der Waals surface area contributed by atoms with Gasteiger partial charge in [-0.25, -0.2) is 0 Å². The first-order valence-electron chi connectivity index (χ1n) is 5.91. The predicted molar refractivity (Wildman–Crippen MR) is 77.4 cm³/mol. The Hall–Kier alpha value is -2.33. The molecule has 4 nitrogen and oxygen atoms in total. The Bertz CT molecular complexity index is 628. The van der Waals surface area contributed by atoms with Crippen LogP contribution in [0, 0.1) is 0 Å². The molecule has 0 atom stereocenters. The van der Waals surface area contributed by atoms with Gasteiger partial charge in [-0.15, -0.1) is 0 Å². The number of anilines is 1. The quantitative estimate of drug-likeness (QED) is 0.860. The third kappa shape index (κ3) is 3.83. The lowest BCUT2D eigenvalue weighted by molar-refractivity contribution is -0.118. The molecule has 0 aliphatic carbocycles. The standard InChI is InChI=1S/C15H12ClNO3/c16-12-5-3-6-13(8-12)17-15(19)10-20-14-7-2-1-4-11(14)9-18/h1-9H,10H2,(H,17,19). The minimum Gasteiger partial charge on any atom is -0.483 e. The van der Waals surface area contributed by atoms with E-state index in [1.807, 2.05) is 0 Å². The number of carbonyl (C=O) groups is 2. The summed E-state index contributed by atoms with van der Waals surface area (Å²) in [6.45, 7) is -0.183. The fraction of sp³-hybridized carbons (Fsp3) is 0.0667.